The van der Waals surface area contributed by atoms with Gasteiger partial charge >= 0.3 is 0 Å². The van der Waals surface area contributed by atoms with Crippen LogP contribution in [0.4, 0.5) is 5.69 Å². The van der Waals surface area contributed by atoms with Crippen LogP contribution in [0.3, 0.4) is 0 Å². The zero-order valence-corrected chi connectivity index (χ0v) is 9.10. The van der Waals surface area contributed by atoms with Crippen LogP contribution in [-0.4, -0.2) is 0 Å². The van der Waals surface area contributed by atoms with Crippen LogP contribution in [0.25, 0.3) is 0 Å². The molecule has 1 aliphatic heterocycles. The van der Waals surface area contributed by atoms with Crippen molar-refractivity contribution in [3.63, 3.8) is 0 Å². The number of para-hydroxylation sites is 1. The number of benzene rings is 1. The van der Waals surface area contributed by atoms with Crippen molar-refractivity contribution in [2.75, 3.05) is 5.32 Å². The van der Waals surface area contributed by atoms with E-state index in [1.807, 2.05) is 36.5 Å². The lowest BCUT2D eigenvalue weighted by molar-refractivity contribution is 1.43. The number of nitrogens with zero attached hydrogens (tertiary/aromatic N) is 1. The van der Waals surface area contributed by atoms with Crippen LogP contribution >= 0.6 is 21.0 Å². The van der Waals surface area contributed by atoms with Crippen molar-refractivity contribution in [3.8, 4) is 0 Å². The summed E-state index contributed by atoms with van der Waals surface area (Å²) < 4.78 is 6.40. The predicted molar refractivity (Wildman–Crippen MR) is 63.7 cm³/mol. The van der Waals surface area contributed by atoms with Gasteiger partial charge in [0.1, 0.15) is 0 Å². The number of nitrogens with one attached hydrogen (secondary N) is 1. The van der Waals surface area contributed by atoms with Crippen molar-refractivity contribution < 1.29 is 0 Å². The molecule has 66 valence electrons. The molecule has 0 spiro atoms. The lowest BCUT2D eigenvalue weighted by Gasteiger charge is -2.06. The second kappa shape index (κ2) is 4.32. The van der Waals surface area contributed by atoms with E-state index in [-0.39, 0.29) is 21.0 Å². The molecule has 1 aliphatic rings. The molecule has 0 saturated carbocycles. The number of hydrogen-bond donors (Lipinski definition) is 1. The summed E-state index contributed by atoms with van der Waals surface area (Å²) in [5.41, 5.74) is 2.17. The monoisotopic (exact) mass is 284 g/mol. The maximum atomic E-state index is 4.25. The fourth-order valence-corrected chi connectivity index (χ4v) is 2.21. The van der Waals surface area contributed by atoms with Gasteiger partial charge in [0.05, 0.1) is 11.9 Å². The fourth-order valence-electron chi connectivity index (χ4n) is 1.01. The van der Waals surface area contributed by atoms with Crippen LogP contribution in [0.15, 0.2) is 55.5 Å². The van der Waals surface area contributed by atoms with Crippen molar-refractivity contribution in [1.29, 1.82) is 0 Å². The van der Waals surface area contributed by atoms with Crippen molar-refractivity contribution >= 4 is 26.7 Å². The molecule has 1 heterocycles. The first-order valence-electron chi connectivity index (χ1n) is 3.97. The first-order chi connectivity index (χ1) is 6.45. The molecule has 0 fully saturated rings. The Kier molecular flexibility index (Phi) is 2.86. The number of anilines is 1. The van der Waals surface area contributed by atoms with Gasteiger partial charge in [-0.1, -0.05) is 18.2 Å². The van der Waals surface area contributed by atoms with Gasteiger partial charge in [0, 0.05) is 26.7 Å². The highest BCUT2D eigenvalue weighted by atomic mass is 127. The normalized spacial score (nSPS) is 14.6. The molecule has 0 aliphatic carbocycles. The third kappa shape index (κ3) is 2.48. The van der Waals surface area contributed by atoms with Gasteiger partial charge < -0.3 is 5.32 Å². The topological polar surface area (TPSA) is 24.4 Å². The fraction of sp³-hybridized carbons (Fsp3) is 0. The lowest BCUT2D eigenvalue weighted by Crippen LogP contribution is -1.95. The minimum absolute atomic E-state index is 0.0606. The van der Waals surface area contributed by atoms with E-state index in [9.17, 15) is 0 Å². The summed E-state index contributed by atoms with van der Waals surface area (Å²) in [6.45, 7) is 0. The maximum absolute atomic E-state index is 4.25. The van der Waals surface area contributed by atoms with E-state index in [0.29, 0.717) is 0 Å². The van der Waals surface area contributed by atoms with E-state index >= 15 is 0 Å². The van der Waals surface area contributed by atoms with Crippen molar-refractivity contribution in [2.45, 2.75) is 0 Å². The Balaban J connectivity index is 2.11. The lowest BCUT2D eigenvalue weighted by atomic mass is 10.3. The molecular formula is C10H9IN2. The maximum Gasteiger partial charge on any atom is 0.0579 e. The molecule has 0 saturated heterocycles. The van der Waals surface area contributed by atoms with E-state index < -0.39 is 0 Å². The minimum Gasteiger partial charge on any atom is -0.354 e. The third-order valence-corrected chi connectivity index (χ3v) is 2.89. The third-order valence-electron chi connectivity index (χ3n) is 1.61. The van der Waals surface area contributed by atoms with E-state index in [0.717, 1.165) is 11.4 Å². The molecule has 1 aromatic carbocycles. The molecule has 1 N–H and O–H groups in total. The molecule has 3 heteroatoms. The molecule has 0 amide bonds. The highest BCUT2D eigenvalue weighted by Gasteiger charge is 1.94. The second-order valence-electron chi connectivity index (χ2n) is 2.56. The quantitative estimate of drug-likeness (QED) is 0.824. The van der Waals surface area contributed by atoms with Gasteiger partial charge in [-0.3, -0.25) is 0 Å². The first kappa shape index (κ1) is 8.62. The first-order valence-corrected chi connectivity index (χ1v) is 6.18. The summed E-state index contributed by atoms with van der Waals surface area (Å²) in [5.74, 6) is 0. The Hall–Kier alpha value is -0.970. The van der Waals surface area contributed by atoms with Crippen LogP contribution in [0.5, 0.6) is 0 Å². The summed E-state index contributed by atoms with van der Waals surface area (Å²) >= 11 is -0.0606. The van der Waals surface area contributed by atoms with Crippen LogP contribution in [0.1, 0.15) is 0 Å². The summed E-state index contributed by atoms with van der Waals surface area (Å²) in [6.07, 6.45) is 3.99. The number of hydrogen-bond acceptors (Lipinski definition) is 2. The SMILES string of the molecule is C1=CC(Nc2ccccc2)=CN=I1. The van der Waals surface area contributed by atoms with Gasteiger partial charge in [-0.05, 0) is 22.3 Å². The Morgan fingerprint density at radius 2 is 2.00 bits per heavy atom. The molecule has 0 atom stereocenters. The molecule has 1 aromatic rings. The standard InChI is InChI=1S/C10H9IN2/c1-2-4-9(5-3-1)13-10-6-7-11-12-8-10/h1-8,13H. The van der Waals surface area contributed by atoms with Gasteiger partial charge in [0.2, 0.25) is 0 Å². The smallest absolute Gasteiger partial charge is 0.0579 e. The van der Waals surface area contributed by atoms with Crippen molar-refractivity contribution in [1.82, 2.24) is 0 Å². The van der Waals surface area contributed by atoms with Gasteiger partial charge in [0.25, 0.3) is 0 Å². The molecule has 0 bridgehead atoms. The number of halogens is 1. The highest BCUT2D eigenvalue weighted by Crippen LogP contribution is 2.16. The summed E-state index contributed by atoms with van der Waals surface area (Å²) in [5, 5.41) is 3.28. The van der Waals surface area contributed by atoms with Gasteiger partial charge in [-0.15, -0.1) is 0 Å². The number of allylic oxidation sites excluding steroid dienone is 1. The van der Waals surface area contributed by atoms with Crippen molar-refractivity contribution in [2.24, 2.45) is 3.15 Å². The zero-order valence-electron chi connectivity index (χ0n) is 6.94. The highest BCUT2D eigenvalue weighted by molar-refractivity contribution is 14.2. The largest absolute Gasteiger partial charge is 0.354 e. The molecule has 2 rings (SSSR count). The van der Waals surface area contributed by atoms with E-state index in [1.165, 1.54) is 0 Å². The minimum atomic E-state index is -0.0606. The van der Waals surface area contributed by atoms with Gasteiger partial charge in [0.15, 0.2) is 0 Å². The average Bonchev–Trinajstić information content (AvgIpc) is 2.21. The summed E-state index contributed by atoms with van der Waals surface area (Å²) in [7, 11) is 0. The zero-order chi connectivity index (χ0) is 8.93. The van der Waals surface area contributed by atoms with E-state index in [1.54, 1.807) is 0 Å². The summed E-state index contributed by atoms with van der Waals surface area (Å²) in [4.78, 5) is 0. The molecule has 2 nitrogen and oxygen atoms in total. The average molecular weight is 284 g/mol. The molecular weight excluding hydrogens is 275 g/mol. The van der Waals surface area contributed by atoms with Crippen LogP contribution in [-0.2, 0) is 0 Å². The Bertz CT molecular complexity index is 366. The predicted octanol–water partition coefficient (Wildman–Crippen LogP) is 3.62. The van der Waals surface area contributed by atoms with Crippen LogP contribution in [0.2, 0.25) is 0 Å². The number of rotatable bonds is 2. The van der Waals surface area contributed by atoms with E-state index in [4.69, 9.17) is 0 Å². The Labute approximate surface area is 87.5 Å². The molecule has 0 radical (unpaired) electrons. The van der Waals surface area contributed by atoms with Crippen LogP contribution in [0, 0.1) is 0 Å². The van der Waals surface area contributed by atoms with Crippen LogP contribution < -0.4 is 5.32 Å². The van der Waals surface area contributed by atoms with E-state index in [2.05, 4.69) is 18.6 Å². The Morgan fingerprint density at radius 1 is 1.15 bits per heavy atom. The molecule has 13 heavy (non-hydrogen) atoms. The van der Waals surface area contributed by atoms with Crippen molar-refractivity contribution in [3.05, 3.63) is 52.4 Å². The summed E-state index contributed by atoms with van der Waals surface area (Å²) in [6, 6.07) is 10.1. The van der Waals surface area contributed by atoms with Gasteiger partial charge in [-0.25, -0.2) is 3.15 Å². The Morgan fingerprint density at radius 3 is 2.69 bits per heavy atom. The van der Waals surface area contributed by atoms with Gasteiger partial charge in [-0.2, -0.15) is 0 Å². The second-order valence-corrected chi connectivity index (χ2v) is 4.40. The molecule has 0 aromatic heterocycles. The molecule has 0 unspecified atom stereocenters.